The third-order valence-corrected chi connectivity index (χ3v) is 6.22. The molecule has 4 amide bonds. The molecule has 2 heterocycles. The van der Waals surface area contributed by atoms with E-state index < -0.39 is 18.0 Å². The summed E-state index contributed by atoms with van der Waals surface area (Å²) in [6.45, 7) is 2.83. The smallest absolute Gasteiger partial charge is 0.325 e. The van der Waals surface area contributed by atoms with Gasteiger partial charge in [-0.3, -0.25) is 19.4 Å². The number of nitrogens with one attached hydrogen (secondary N) is 2. The van der Waals surface area contributed by atoms with Gasteiger partial charge in [-0.05, 0) is 24.5 Å². The van der Waals surface area contributed by atoms with Crippen LogP contribution in [0.1, 0.15) is 30.4 Å². The predicted octanol–water partition coefficient (Wildman–Crippen LogP) is 2.29. The number of carbonyl (C=O) groups is 3. The lowest BCUT2D eigenvalue weighted by Crippen LogP contribution is -2.46. The Morgan fingerprint density at radius 1 is 1.03 bits per heavy atom. The van der Waals surface area contributed by atoms with Gasteiger partial charge in [-0.2, -0.15) is 0 Å². The number of hydrogen-bond donors (Lipinski definition) is 2. The van der Waals surface area contributed by atoms with Gasteiger partial charge in [0.2, 0.25) is 5.91 Å². The van der Waals surface area contributed by atoms with E-state index in [1.807, 2.05) is 36.4 Å². The number of imide groups is 1. The number of rotatable bonds is 8. The fourth-order valence-electron chi connectivity index (χ4n) is 4.42. The Hall–Kier alpha value is -3.39. The summed E-state index contributed by atoms with van der Waals surface area (Å²) >= 11 is 0. The highest BCUT2D eigenvalue weighted by Crippen LogP contribution is 2.22. The molecule has 0 radical (unpaired) electrons. The number of methoxy groups -OCH3 is 1. The Kier molecular flexibility index (Phi) is 7.24. The lowest BCUT2D eigenvalue weighted by molar-refractivity contribution is -0.131. The molecule has 2 aromatic carbocycles. The van der Waals surface area contributed by atoms with Crippen LogP contribution in [-0.4, -0.2) is 59.9 Å². The molecular weight excluding hydrogens is 420 g/mol. The van der Waals surface area contributed by atoms with Gasteiger partial charge >= 0.3 is 6.03 Å². The van der Waals surface area contributed by atoms with Crippen molar-refractivity contribution in [1.29, 1.82) is 0 Å². The van der Waals surface area contributed by atoms with Crippen molar-refractivity contribution < 1.29 is 19.1 Å². The molecule has 0 unspecified atom stereocenters. The van der Waals surface area contributed by atoms with E-state index in [1.165, 1.54) is 5.56 Å². The SMILES string of the molecule is COc1ccccc1CN1C(=O)N[C@H](CC(=O)NC2CCN(Cc3ccccc3)CC2)C1=O. The quantitative estimate of drug-likeness (QED) is 0.603. The normalized spacial score (nSPS) is 19.4. The van der Waals surface area contributed by atoms with Crippen molar-refractivity contribution in [3.05, 3.63) is 65.7 Å². The van der Waals surface area contributed by atoms with Crippen LogP contribution in [0.4, 0.5) is 4.79 Å². The third-order valence-electron chi connectivity index (χ3n) is 6.22. The van der Waals surface area contributed by atoms with Crippen molar-refractivity contribution in [3.8, 4) is 5.75 Å². The highest BCUT2D eigenvalue weighted by atomic mass is 16.5. The summed E-state index contributed by atoms with van der Waals surface area (Å²) in [5.74, 6) is 0.00550. The minimum Gasteiger partial charge on any atom is -0.496 e. The lowest BCUT2D eigenvalue weighted by atomic mass is 10.0. The van der Waals surface area contributed by atoms with Crippen LogP contribution in [0, 0.1) is 0 Å². The Morgan fingerprint density at radius 3 is 2.45 bits per heavy atom. The fraction of sp³-hybridized carbons (Fsp3) is 0.400. The molecule has 0 spiro atoms. The van der Waals surface area contributed by atoms with Crippen molar-refractivity contribution in [1.82, 2.24) is 20.4 Å². The first kappa shape index (κ1) is 22.8. The second-order valence-corrected chi connectivity index (χ2v) is 8.55. The molecule has 0 aromatic heterocycles. The van der Waals surface area contributed by atoms with Crippen molar-refractivity contribution >= 4 is 17.8 Å². The second kappa shape index (κ2) is 10.5. The second-order valence-electron chi connectivity index (χ2n) is 8.55. The summed E-state index contributed by atoms with van der Waals surface area (Å²) in [5.41, 5.74) is 2.02. The molecule has 0 bridgehead atoms. The molecule has 174 valence electrons. The third kappa shape index (κ3) is 5.70. The van der Waals surface area contributed by atoms with E-state index in [4.69, 9.17) is 4.74 Å². The van der Waals surface area contributed by atoms with Gasteiger partial charge in [0.15, 0.2) is 0 Å². The molecule has 2 N–H and O–H groups in total. The van der Waals surface area contributed by atoms with Crippen LogP contribution < -0.4 is 15.4 Å². The van der Waals surface area contributed by atoms with Crippen LogP contribution in [0.15, 0.2) is 54.6 Å². The van der Waals surface area contributed by atoms with Gasteiger partial charge in [-0.25, -0.2) is 4.79 Å². The number of hydrogen-bond acceptors (Lipinski definition) is 5. The minimum atomic E-state index is -0.842. The number of piperidine rings is 1. The monoisotopic (exact) mass is 450 g/mol. The van der Waals surface area contributed by atoms with Crippen LogP contribution in [0.2, 0.25) is 0 Å². The van der Waals surface area contributed by atoms with Crippen LogP contribution in [0.3, 0.4) is 0 Å². The summed E-state index contributed by atoms with van der Waals surface area (Å²) in [6, 6.07) is 16.3. The zero-order chi connectivity index (χ0) is 23.2. The van der Waals surface area contributed by atoms with E-state index in [9.17, 15) is 14.4 Å². The number of likely N-dealkylation sites (tertiary alicyclic amines) is 1. The number of nitrogens with zero attached hydrogens (tertiary/aromatic N) is 2. The Bertz CT molecular complexity index is 989. The van der Waals surface area contributed by atoms with Crippen LogP contribution >= 0.6 is 0 Å². The Balaban J connectivity index is 1.24. The molecule has 0 aliphatic carbocycles. The first-order valence-electron chi connectivity index (χ1n) is 11.3. The maximum absolute atomic E-state index is 12.8. The summed E-state index contributed by atoms with van der Waals surface area (Å²) in [6.07, 6.45) is 1.67. The molecule has 4 rings (SSSR count). The molecule has 8 heteroatoms. The van der Waals surface area contributed by atoms with E-state index in [1.54, 1.807) is 13.2 Å². The van der Waals surface area contributed by atoms with Gasteiger partial charge in [-0.1, -0.05) is 48.5 Å². The molecule has 1 atom stereocenters. The maximum Gasteiger partial charge on any atom is 0.325 e. The molecular formula is C25H30N4O4. The summed E-state index contributed by atoms with van der Waals surface area (Å²) in [7, 11) is 1.55. The summed E-state index contributed by atoms with van der Waals surface area (Å²) in [5, 5.41) is 5.68. The van der Waals surface area contributed by atoms with Crippen LogP contribution in [0.25, 0.3) is 0 Å². The largest absolute Gasteiger partial charge is 0.496 e. The van der Waals surface area contributed by atoms with Crippen molar-refractivity contribution in [2.24, 2.45) is 0 Å². The molecule has 33 heavy (non-hydrogen) atoms. The van der Waals surface area contributed by atoms with Crippen molar-refractivity contribution in [3.63, 3.8) is 0 Å². The van der Waals surface area contributed by atoms with Gasteiger partial charge in [0.25, 0.3) is 5.91 Å². The first-order valence-corrected chi connectivity index (χ1v) is 11.3. The van der Waals surface area contributed by atoms with Crippen LogP contribution in [0.5, 0.6) is 5.75 Å². The molecule has 2 saturated heterocycles. The molecule has 8 nitrogen and oxygen atoms in total. The molecule has 0 saturated carbocycles. The van der Waals surface area contributed by atoms with Crippen molar-refractivity contribution in [2.75, 3.05) is 20.2 Å². The number of para-hydroxylation sites is 1. The van der Waals surface area contributed by atoms with E-state index in [0.717, 1.165) is 42.9 Å². The first-order chi connectivity index (χ1) is 16.0. The van der Waals surface area contributed by atoms with E-state index >= 15 is 0 Å². The van der Waals surface area contributed by atoms with Gasteiger partial charge in [0.05, 0.1) is 20.1 Å². The number of carbonyl (C=O) groups excluding carboxylic acids is 3. The number of ether oxygens (including phenoxy) is 1. The molecule has 2 aromatic rings. The number of benzene rings is 2. The Morgan fingerprint density at radius 2 is 1.73 bits per heavy atom. The number of urea groups is 1. The fourth-order valence-corrected chi connectivity index (χ4v) is 4.42. The Labute approximate surface area is 193 Å². The van der Waals surface area contributed by atoms with Crippen molar-refractivity contribution in [2.45, 2.75) is 44.4 Å². The standard InChI is InChI=1S/C25H30N4O4/c1-33-22-10-6-5-9-19(22)17-29-24(31)21(27-25(29)32)15-23(30)26-20-11-13-28(14-12-20)16-18-7-3-2-4-8-18/h2-10,20-21H,11-17H2,1H3,(H,26,30)(H,27,32)/t21-/m1/s1. The van der Waals surface area contributed by atoms with Crippen LogP contribution in [-0.2, 0) is 22.7 Å². The highest BCUT2D eigenvalue weighted by molar-refractivity contribution is 6.05. The average molecular weight is 451 g/mol. The zero-order valence-electron chi connectivity index (χ0n) is 18.8. The van der Waals surface area contributed by atoms with Gasteiger partial charge in [0.1, 0.15) is 11.8 Å². The lowest BCUT2D eigenvalue weighted by Gasteiger charge is -2.32. The predicted molar refractivity (Wildman–Crippen MR) is 123 cm³/mol. The van der Waals surface area contributed by atoms with Gasteiger partial charge in [-0.15, -0.1) is 0 Å². The topological polar surface area (TPSA) is 91.0 Å². The minimum absolute atomic E-state index is 0.0583. The van der Waals surface area contributed by atoms with E-state index in [-0.39, 0.29) is 24.9 Å². The van der Waals surface area contributed by atoms with E-state index in [0.29, 0.717) is 5.75 Å². The molecule has 2 aliphatic rings. The maximum atomic E-state index is 12.8. The number of amides is 4. The van der Waals surface area contributed by atoms with Gasteiger partial charge < -0.3 is 15.4 Å². The van der Waals surface area contributed by atoms with E-state index in [2.05, 4.69) is 27.7 Å². The zero-order valence-corrected chi connectivity index (χ0v) is 18.8. The average Bonchev–Trinajstić information content (AvgIpc) is 3.08. The van der Waals surface area contributed by atoms with Gasteiger partial charge in [0, 0.05) is 31.2 Å². The summed E-state index contributed by atoms with van der Waals surface area (Å²) in [4.78, 5) is 41.3. The molecule has 2 fully saturated rings. The highest BCUT2D eigenvalue weighted by Gasteiger charge is 2.39. The summed E-state index contributed by atoms with van der Waals surface area (Å²) < 4.78 is 5.31. The molecule has 2 aliphatic heterocycles.